The lowest BCUT2D eigenvalue weighted by atomic mass is 10.0. The third-order valence-electron chi connectivity index (χ3n) is 13.9. The van der Waals surface area contributed by atoms with Crippen LogP contribution in [0, 0.1) is 0 Å². The van der Waals surface area contributed by atoms with Crippen molar-refractivity contribution >= 4 is 5.91 Å². The van der Waals surface area contributed by atoms with E-state index < -0.39 is 12.1 Å². The van der Waals surface area contributed by atoms with E-state index >= 15 is 0 Å². The highest BCUT2D eigenvalue weighted by atomic mass is 16.3. The number of amides is 1. The van der Waals surface area contributed by atoms with E-state index in [-0.39, 0.29) is 12.5 Å². The summed E-state index contributed by atoms with van der Waals surface area (Å²) in [5, 5.41) is 23.0. The Balaban J connectivity index is 3.35. The third-order valence-corrected chi connectivity index (χ3v) is 13.9. The molecule has 0 bridgehead atoms. The molecule has 0 aliphatic carbocycles. The lowest BCUT2D eigenvalue weighted by Gasteiger charge is -2.19. The van der Waals surface area contributed by atoms with Crippen molar-refractivity contribution in [1.29, 1.82) is 0 Å². The maximum atomic E-state index is 12.4. The van der Waals surface area contributed by atoms with Gasteiger partial charge in [-0.25, -0.2) is 0 Å². The highest BCUT2D eigenvalue weighted by Crippen LogP contribution is 2.18. The summed E-state index contributed by atoms with van der Waals surface area (Å²) < 4.78 is 0. The van der Waals surface area contributed by atoms with Crippen LogP contribution in [0.1, 0.15) is 328 Å². The molecule has 0 aromatic carbocycles. The summed E-state index contributed by atoms with van der Waals surface area (Å²) in [5.41, 5.74) is 0. The molecule has 65 heavy (non-hydrogen) atoms. The molecule has 0 aliphatic heterocycles. The zero-order valence-corrected chi connectivity index (χ0v) is 44.3. The van der Waals surface area contributed by atoms with Crippen molar-refractivity contribution in [3.63, 3.8) is 0 Å². The molecular weight excluding hydrogens is 795 g/mol. The molecule has 384 valence electrons. The first-order valence-corrected chi connectivity index (χ1v) is 29.7. The Morgan fingerprint density at radius 3 is 0.892 bits per heavy atom. The van der Waals surface area contributed by atoms with Crippen LogP contribution in [0.2, 0.25) is 0 Å². The van der Waals surface area contributed by atoms with Crippen molar-refractivity contribution in [3.8, 4) is 0 Å². The van der Waals surface area contributed by atoms with Gasteiger partial charge in [-0.2, -0.15) is 0 Å². The summed E-state index contributed by atoms with van der Waals surface area (Å²) in [7, 11) is 0. The van der Waals surface area contributed by atoms with Gasteiger partial charge in [-0.15, -0.1) is 0 Å². The Morgan fingerprint density at radius 2 is 0.600 bits per heavy atom. The van der Waals surface area contributed by atoms with Gasteiger partial charge in [0, 0.05) is 6.42 Å². The normalized spacial score (nSPS) is 13.0. The van der Waals surface area contributed by atoms with Crippen molar-refractivity contribution in [2.45, 2.75) is 341 Å². The van der Waals surface area contributed by atoms with E-state index in [2.05, 4.69) is 43.5 Å². The number of allylic oxidation sites excluding steroid dienone is 5. The van der Waals surface area contributed by atoms with Crippen LogP contribution in [0.3, 0.4) is 0 Å². The number of nitrogens with one attached hydrogen (secondary N) is 1. The molecule has 2 atom stereocenters. The van der Waals surface area contributed by atoms with Crippen LogP contribution in [0.25, 0.3) is 0 Å². The smallest absolute Gasteiger partial charge is 0.220 e. The predicted octanol–water partition coefficient (Wildman–Crippen LogP) is 19.6. The Hall–Kier alpha value is -1.39. The van der Waals surface area contributed by atoms with Crippen molar-refractivity contribution < 1.29 is 15.0 Å². The van der Waals surface area contributed by atoms with E-state index in [4.69, 9.17) is 0 Å². The number of rotatable bonds is 55. The van der Waals surface area contributed by atoms with E-state index in [0.717, 1.165) is 38.5 Å². The molecule has 0 saturated heterocycles. The van der Waals surface area contributed by atoms with Crippen LogP contribution in [-0.2, 0) is 4.79 Å². The van der Waals surface area contributed by atoms with Crippen molar-refractivity contribution in [1.82, 2.24) is 5.32 Å². The number of aliphatic hydroxyl groups is 2. The predicted molar refractivity (Wildman–Crippen MR) is 290 cm³/mol. The highest BCUT2D eigenvalue weighted by molar-refractivity contribution is 5.76. The molecule has 0 aromatic heterocycles. The van der Waals surface area contributed by atoms with Crippen molar-refractivity contribution in [2.75, 3.05) is 6.61 Å². The van der Waals surface area contributed by atoms with Gasteiger partial charge in [0.2, 0.25) is 5.91 Å². The number of unbranched alkanes of at least 4 members (excludes halogenated alkanes) is 44. The van der Waals surface area contributed by atoms with E-state index in [1.807, 2.05) is 6.08 Å². The van der Waals surface area contributed by atoms with Crippen LogP contribution in [0.4, 0.5) is 0 Å². The Morgan fingerprint density at radius 1 is 0.354 bits per heavy atom. The van der Waals surface area contributed by atoms with Crippen molar-refractivity contribution in [3.05, 3.63) is 36.5 Å². The SMILES string of the molecule is CCCCC/C=C/CC/C=C/CC/C=C/C(O)C(CO)NC(=O)CCCCCCCCCCCCCCCCCCCCCCCCCCCCCCCCCCCCCCCCCC. The summed E-state index contributed by atoms with van der Waals surface area (Å²) >= 11 is 0. The van der Waals surface area contributed by atoms with Gasteiger partial charge < -0.3 is 15.5 Å². The molecule has 0 fully saturated rings. The quantitative estimate of drug-likeness (QED) is 0.0421. The summed E-state index contributed by atoms with van der Waals surface area (Å²) in [6.45, 7) is 4.28. The lowest BCUT2D eigenvalue weighted by Crippen LogP contribution is -2.45. The van der Waals surface area contributed by atoms with Crippen molar-refractivity contribution in [2.24, 2.45) is 0 Å². The second kappa shape index (κ2) is 56.9. The molecule has 0 aromatic rings. The first-order chi connectivity index (χ1) is 32.2. The molecular formula is C61H117NO3. The number of carbonyl (C=O) groups is 1. The highest BCUT2D eigenvalue weighted by Gasteiger charge is 2.18. The summed E-state index contributed by atoms with van der Waals surface area (Å²) in [5.74, 6) is -0.0736. The zero-order chi connectivity index (χ0) is 47.0. The van der Waals surface area contributed by atoms with Gasteiger partial charge in [0.05, 0.1) is 18.8 Å². The van der Waals surface area contributed by atoms with Gasteiger partial charge in [-0.3, -0.25) is 4.79 Å². The Bertz CT molecular complexity index is 989. The molecule has 0 spiro atoms. The Kier molecular flexibility index (Phi) is 55.7. The topological polar surface area (TPSA) is 69.6 Å². The van der Waals surface area contributed by atoms with E-state index in [1.165, 1.54) is 270 Å². The Labute approximate surface area is 408 Å². The van der Waals surface area contributed by atoms with E-state index in [9.17, 15) is 15.0 Å². The molecule has 0 radical (unpaired) electrons. The molecule has 0 aliphatic rings. The fourth-order valence-electron chi connectivity index (χ4n) is 9.33. The van der Waals surface area contributed by atoms with Gasteiger partial charge in [-0.1, -0.05) is 314 Å². The van der Waals surface area contributed by atoms with Crippen LogP contribution in [0.5, 0.6) is 0 Å². The summed E-state index contributed by atoms with van der Waals surface area (Å²) in [6.07, 6.45) is 77.8. The van der Waals surface area contributed by atoms with Gasteiger partial charge in [0.25, 0.3) is 0 Å². The molecule has 4 heteroatoms. The van der Waals surface area contributed by atoms with Crippen LogP contribution >= 0.6 is 0 Å². The van der Waals surface area contributed by atoms with E-state index in [0.29, 0.717) is 6.42 Å². The minimum absolute atomic E-state index is 0.0736. The van der Waals surface area contributed by atoms with Gasteiger partial charge >= 0.3 is 0 Å². The third kappa shape index (κ3) is 53.4. The van der Waals surface area contributed by atoms with Crippen LogP contribution in [-0.4, -0.2) is 34.9 Å². The second-order valence-corrected chi connectivity index (χ2v) is 20.4. The number of hydrogen-bond donors (Lipinski definition) is 3. The zero-order valence-electron chi connectivity index (χ0n) is 44.3. The maximum absolute atomic E-state index is 12.4. The molecule has 0 heterocycles. The largest absolute Gasteiger partial charge is 0.394 e. The molecule has 3 N–H and O–H groups in total. The standard InChI is InChI=1S/C61H117NO3/c1-3-5-7-9-11-13-15-17-18-19-20-21-22-23-24-25-26-27-28-29-30-31-32-33-34-35-36-37-38-39-40-41-42-43-45-47-49-51-53-55-57-61(65)62-59(58-63)60(64)56-54-52-50-48-46-44-16-14-12-10-8-6-4-2/h12,14,46,48,54,56,59-60,63-64H,3-11,13,15-45,47,49-53,55,57-58H2,1-2H3,(H,62,65)/b14-12+,48-46+,56-54+. The first kappa shape index (κ1) is 63.6. The first-order valence-electron chi connectivity index (χ1n) is 29.7. The second-order valence-electron chi connectivity index (χ2n) is 20.4. The minimum atomic E-state index is -0.867. The van der Waals surface area contributed by atoms with E-state index in [1.54, 1.807) is 6.08 Å². The van der Waals surface area contributed by atoms with Gasteiger partial charge in [-0.05, 0) is 44.9 Å². The monoisotopic (exact) mass is 912 g/mol. The average molecular weight is 913 g/mol. The number of carbonyl (C=O) groups excluding carboxylic acids is 1. The number of hydrogen-bond acceptors (Lipinski definition) is 3. The average Bonchev–Trinajstić information content (AvgIpc) is 3.31. The lowest BCUT2D eigenvalue weighted by molar-refractivity contribution is -0.123. The van der Waals surface area contributed by atoms with Gasteiger partial charge in [0.15, 0.2) is 0 Å². The molecule has 1 amide bonds. The van der Waals surface area contributed by atoms with Gasteiger partial charge in [0.1, 0.15) is 0 Å². The maximum Gasteiger partial charge on any atom is 0.220 e. The molecule has 0 saturated carbocycles. The fraction of sp³-hybridized carbons (Fsp3) is 0.885. The molecule has 0 rings (SSSR count). The minimum Gasteiger partial charge on any atom is -0.394 e. The fourth-order valence-corrected chi connectivity index (χ4v) is 9.33. The number of aliphatic hydroxyl groups excluding tert-OH is 2. The van der Waals surface area contributed by atoms with Crippen LogP contribution < -0.4 is 5.32 Å². The summed E-state index contributed by atoms with van der Waals surface area (Å²) in [4.78, 5) is 12.4. The van der Waals surface area contributed by atoms with Crippen LogP contribution in [0.15, 0.2) is 36.5 Å². The summed E-state index contributed by atoms with van der Waals surface area (Å²) in [6, 6.07) is -0.643. The molecule has 4 nitrogen and oxygen atoms in total. The molecule has 2 unspecified atom stereocenters.